The van der Waals surface area contributed by atoms with Crippen molar-refractivity contribution in [2.45, 2.75) is 71.6 Å². The van der Waals surface area contributed by atoms with E-state index < -0.39 is 81.6 Å². The number of carbonyl (C=O) groups excluding carboxylic acids is 2. The highest BCUT2D eigenvalue weighted by molar-refractivity contribution is 7.86. The van der Waals surface area contributed by atoms with E-state index in [1.807, 2.05) is 0 Å². The number of likely N-dealkylation sites (tertiary alicyclic amines) is 2. The maximum absolute atomic E-state index is 14.9. The molecule has 42 heavy (non-hydrogen) atoms. The summed E-state index contributed by atoms with van der Waals surface area (Å²) in [5.41, 5.74) is -8.19. The van der Waals surface area contributed by atoms with Gasteiger partial charge in [-0.2, -0.15) is 26.3 Å². The van der Waals surface area contributed by atoms with Crippen LogP contribution in [0, 0.1) is 5.82 Å². The molecule has 2 aromatic rings. The van der Waals surface area contributed by atoms with Crippen LogP contribution in [0.5, 0.6) is 0 Å². The molecule has 6 nitrogen and oxygen atoms in total. The lowest BCUT2D eigenvalue weighted by atomic mass is 9.80. The molecule has 3 aliphatic rings. The number of fused-ring (bicyclic) bond motifs is 3. The van der Waals surface area contributed by atoms with Crippen molar-refractivity contribution in [2.75, 3.05) is 13.6 Å². The number of aryl methyl sites for hydroxylation is 1. The van der Waals surface area contributed by atoms with Gasteiger partial charge in [-0.1, -0.05) is 12.1 Å². The molecule has 2 fully saturated rings. The minimum atomic E-state index is -6.40. The van der Waals surface area contributed by atoms with Gasteiger partial charge >= 0.3 is 18.0 Å². The molecule has 5 unspecified atom stereocenters. The molecule has 5 rings (SSSR count). The second-order valence-corrected chi connectivity index (χ2v) is 12.2. The molecule has 0 N–H and O–H groups in total. The normalized spacial score (nSPS) is 27.2. The van der Waals surface area contributed by atoms with Gasteiger partial charge < -0.3 is 9.80 Å². The van der Waals surface area contributed by atoms with E-state index in [-0.39, 0.29) is 48.0 Å². The van der Waals surface area contributed by atoms with Gasteiger partial charge in [0, 0.05) is 30.6 Å². The van der Waals surface area contributed by atoms with Gasteiger partial charge in [0.1, 0.15) is 11.9 Å². The first-order chi connectivity index (χ1) is 19.4. The second-order valence-electron chi connectivity index (χ2n) is 10.5. The van der Waals surface area contributed by atoms with Crippen LogP contribution in [0.2, 0.25) is 0 Å². The molecule has 1 aromatic heterocycles. The smallest absolute Gasteiger partial charge is 0.336 e. The number of amides is 2. The Labute approximate surface area is 235 Å². The molecule has 3 heterocycles. The fraction of sp³-hybridized carbons (Fsp3) is 0.500. The van der Waals surface area contributed by atoms with Crippen LogP contribution in [-0.4, -0.2) is 75.0 Å². The monoisotopic (exact) mass is 627 g/mol. The lowest BCUT2D eigenvalue weighted by Crippen LogP contribution is -2.54. The summed E-state index contributed by atoms with van der Waals surface area (Å²) in [7, 11) is -1.02. The van der Waals surface area contributed by atoms with Gasteiger partial charge in [-0.3, -0.25) is 18.8 Å². The van der Waals surface area contributed by atoms with E-state index in [4.69, 9.17) is 0 Å². The van der Waals surface area contributed by atoms with Crippen LogP contribution in [0.25, 0.3) is 0 Å². The zero-order valence-corrected chi connectivity index (χ0v) is 22.4. The van der Waals surface area contributed by atoms with Gasteiger partial charge in [-0.15, -0.1) is 0 Å². The Bertz CT molecular complexity index is 1450. The van der Waals surface area contributed by atoms with Gasteiger partial charge in [-0.05, 0) is 49.1 Å². The van der Waals surface area contributed by atoms with Crippen molar-refractivity contribution in [3.8, 4) is 0 Å². The quantitative estimate of drug-likeness (QED) is 0.464. The lowest BCUT2D eigenvalue weighted by molar-refractivity contribution is -0.350. The van der Waals surface area contributed by atoms with Crippen LogP contribution >= 0.6 is 0 Å². The molecule has 2 saturated heterocycles. The zero-order valence-electron chi connectivity index (χ0n) is 21.6. The second kappa shape index (κ2) is 9.95. The number of benzene rings is 1. The summed E-state index contributed by atoms with van der Waals surface area (Å²) in [4.78, 5) is 31.2. The number of alkyl halides is 8. The minimum Gasteiger partial charge on any atom is -0.336 e. The van der Waals surface area contributed by atoms with Crippen LogP contribution in [0.15, 0.2) is 41.3 Å². The van der Waals surface area contributed by atoms with Crippen molar-refractivity contribution < 1.29 is 53.3 Å². The lowest BCUT2D eigenvalue weighted by Gasteiger charge is -2.43. The predicted octanol–water partition coefficient (Wildman–Crippen LogP) is 4.63. The highest BCUT2D eigenvalue weighted by atomic mass is 32.2. The summed E-state index contributed by atoms with van der Waals surface area (Å²) in [5, 5.41) is 0. The highest BCUT2D eigenvalue weighted by Gasteiger charge is 2.75. The molecule has 5 atom stereocenters. The van der Waals surface area contributed by atoms with E-state index in [1.165, 1.54) is 24.1 Å². The molecule has 1 aliphatic carbocycles. The maximum atomic E-state index is 14.9. The number of carbonyl (C=O) groups is 2. The molecule has 228 valence electrons. The number of aromatic nitrogens is 1. The average molecular weight is 628 g/mol. The topological polar surface area (TPSA) is 70.6 Å². The standard InChI is InChI=1S/C26H22F9N3O3S/c1-37-18(12-16(28)21(37)39)22(40)38-10-9-23(42(41)14-4-2-3-13(27)11-14)15-5-7-19(36-17(15)6-8-20(23)38)24(29,25(30,31)32)26(33,34)35/h2-5,7,11,16,18,20H,6,8-10,12H2,1H3. The number of pyridine rings is 1. The van der Waals surface area contributed by atoms with Crippen LogP contribution in [0.1, 0.15) is 36.2 Å². The third kappa shape index (κ3) is 4.30. The van der Waals surface area contributed by atoms with Crippen molar-refractivity contribution in [1.29, 1.82) is 0 Å². The first kappa shape index (κ1) is 30.3. The molecule has 16 heteroatoms. The Morgan fingerprint density at radius 2 is 1.74 bits per heavy atom. The third-order valence-corrected chi connectivity index (χ3v) is 10.3. The number of halogens is 9. The number of likely N-dealkylation sites (N-methyl/N-ethyl adjacent to an activating group) is 1. The minimum absolute atomic E-state index is 0.0753. The molecule has 0 spiro atoms. The fourth-order valence-corrected chi connectivity index (χ4v) is 8.21. The molecule has 2 aliphatic heterocycles. The molecule has 0 saturated carbocycles. The Kier molecular flexibility index (Phi) is 7.17. The maximum Gasteiger partial charge on any atom is 0.437 e. The highest BCUT2D eigenvalue weighted by Crippen LogP contribution is 2.55. The average Bonchev–Trinajstić information content (AvgIpc) is 3.44. The van der Waals surface area contributed by atoms with Crippen molar-refractivity contribution in [1.82, 2.24) is 14.8 Å². The Morgan fingerprint density at radius 3 is 2.31 bits per heavy atom. The summed E-state index contributed by atoms with van der Waals surface area (Å²) < 4.78 is 136. The summed E-state index contributed by atoms with van der Waals surface area (Å²) in [5.74, 6) is -2.36. The summed E-state index contributed by atoms with van der Waals surface area (Å²) in [6, 6.07) is 3.40. The van der Waals surface area contributed by atoms with Crippen LogP contribution in [0.4, 0.5) is 39.5 Å². The first-order valence-electron chi connectivity index (χ1n) is 12.7. The van der Waals surface area contributed by atoms with Gasteiger partial charge in [0.2, 0.25) is 5.91 Å². The zero-order chi connectivity index (χ0) is 31.0. The van der Waals surface area contributed by atoms with Gasteiger partial charge in [0.15, 0.2) is 6.17 Å². The Morgan fingerprint density at radius 1 is 1.07 bits per heavy atom. The van der Waals surface area contributed by atoms with Crippen molar-refractivity contribution in [2.24, 2.45) is 0 Å². The molecule has 0 radical (unpaired) electrons. The molecule has 1 aromatic carbocycles. The SMILES string of the molecule is CN1C(=O)C(F)CC1C(=O)N1CCC2(S(=O)c3cccc(F)c3)c3ccc(C(F)(C(F)(F)F)C(F)(F)F)nc3CCC12. The molecule has 2 amide bonds. The Balaban J connectivity index is 1.64. The molecular weight excluding hydrogens is 605 g/mol. The van der Waals surface area contributed by atoms with Gasteiger partial charge in [0.25, 0.3) is 5.91 Å². The Hall–Kier alpha value is -3.17. The van der Waals surface area contributed by atoms with E-state index in [1.54, 1.807) is 0 Å². The fourth-order valence-electron chi connectivity index (χ4n) is 6.22. The van der Waals surface area contributed by atoms with E-state index in [2.05, 4.69) is 4.98 Å². The predicted molar refractivity (Wildman–Crippen MR) is 128 cm³/mol. The van der Waals surface area contributed by atoms with Gasteiger partial charge in [0.05, 0.1) is 27.3 Å². The van der Waals surface area contributed by atoms with Crippen LogP contribution in [-0.2, 0) is 37.2 Å². The summed E-state index contributed by atoms with van der Waals surface area (Å²) in [6.45, 7) is -0.126. The van der Waals surface area contributed by atoms with E-state index in [0.29, 0.717) is 0 Å². The van der Waals surface area contributed by atoms with E-state index in [9.17, 15) is 53.3 Å². The van der Waals surface area contributed by atoms with Gasteiger partial charge in [-0.25, -0.2) is 13.2 Å². The molecule has 0 bridgehead atoms. The summed E-state index contributed by atoms with van der Waals surface area (Å²) >= 11 is 0. The first-order valence-corrected chi connectivity index (χ1v) is 13.8. The van der Waals surface area contributed by atoms with E-state index >= 15 is 0 Å². The van der Waals surface area contributed by atoms with E-state index in [0.717, 1.165) is 23.1 Å². The summed E-state index contributed by atoms with van der Waals surface area (Å²) in [6.07, 6.45) is -15.8. The largest absolute Gasteiger partial charge is 0.437 e. The number of rotatable bonds is 4. The third-order valence-electron chi connectivity index (χ3n) is 8.28. The van der Waals surface area contributed by atoms with Crippen molar-refractivity contribution in [3.63, 3.8) is 0 Å². The number of hydrogen-bond acceptors (Lipinski definition) is 4. The number of hydrogen-bond donors (Lipinski definition) is 0. The van der Waals surface area contributed by atoms with Crippen molar-refractivity contribution >= 4 is 22.6 Å². The van der Waals surface area contributed by atoms with Crippen molar-refractivity contribution in [3.05, 3.63) is 59.2 Å². The van der Waals surface area contributed by atoms with Crippen LogP contribution < -0.4 is 0 Å². The van der Waals surface area contributed by atoms with Crippen LogP contribution in [0.3, 0.4) is 0 Å². The number of nitrogens with zero attached hydrogens (tertiary/aromatic N) is 3. The molecular formula is C26H22F9N3O3S.